The van der Waals surface area contributed by atoms with E-state index in [-0.39, 0.29) is 5.56 Å². The van der Waals surface area contributed by atoms with Crippen LogP contribution in [0.25, 0.3) is 0 Å². The highest BCUT2D eigenvalue weighted by Crippen LogP contribution is 2.33. The highest BCUT2D eigenvalue weighted by atomic mass is 19.4. The maximum absolute atomic E-state index is 13.3. The summed E-state index contributed by atoms with van der Waals surface area (Å²) in [5.41, 5.74) is -1.58. The number of carbonyl (C=O) groups excluding carboxylic acids is 1. The molecule has 0 aliphatic heterocycles. The van der Waals surface area contributed by atoms with Gasteiger partial charge in [0.1, 0.15) is 12.1 Å². The van der Waals surface area contributed by atoms with Crippen molar-refractivity contribution in [3.05, 3.63) is 35.1 Å². The Balaban J connectivity index is 3.29. The first kappa shape index (κ1) is 11.7. The molecule has 1 unspecified atom stereocenters. The summed E-state index contributed by atoms with van der Waals surface area (Å²) < 4.78 is 50.1. The van der Waals surface area contributed by atoms with E-state index in [0.29, 0.717) is 12.4 Å². The van der Waals surface area contributed by atoms with Crippen molar-refractivity contribution in [2.75, 3.05) is 0 Å². The molecule has 82 valence electrons. The molecule has 0 aliphatic carbocycles. The third-order valence-corrected chi connectivity index (χ3v) is 2.03. The topological polar surface area (TPSA) is 17.1 Å². The quantitative estimate of drug-likeness (QED) is 0.552. The molecule has 0 bridgehead atoms. The van der Waals surface area contributed by atoms with Gasteiger partial charge in [-0.25, -0.2) is 4.39 Å². The molecule has 1 aromatic rings. The van der Waals surface area contributed by atoms with Crippen LogP contribution in [0.2, 0.25) is 0 Å². The van der Waals surface area contributed by atoms with Crippen LogP contribution in [-0.4, -0.2) is 6.29 Å². The van der Waals surface area contributed by atoms with Gasteiger partial charge in [-0.15, -0.1) is 0 Å². The number of hydrogen-bond acceptors (Lipinski definition) is 1. The Morgan fingerprint density at radius 1 is 1.33 bits per heavy atom. The van der Waals surface area contributed by atoms with Gasteiger partial charge in [0.15, 0.2) is 0 Å². The van der Waals surface area contributed by atoms with Gasteiger partial charge in [-0.1, -0.05) is 19.1 Å². The smallest absolute Gasteiger partial charge is 0.303 e. The van der Waals surface area contributed by atoms with Crippen LogP contribution in [0.3, 0.4) is 0 Å². The molecule has 0 radical (unpaired) electrons. The number of rotatable bonds is 2. The number of carbonyl (C=O) groups is 1. The van der Waals surface area contributed by atoms with Crippen molar-refractivity contribution in [3.8, 4) is 0 Å². The second-order valence-electron chi connectivity index (χ2n) is 3.13. The first-order valence-electron chi connectivity index (χ1n) is 4.19. The largest absolute Gasteiger partial charge is 0.419 e. The highest BCUT2D eigenvalue weighted by Gasteiger charge is 2.35. The summed E-state index contributed by atoms with van der Waals surface area (Å²) in [6.07, 6.45) is -4.33. The lowest BCUT2D eigenvalue weighted by atomic mass is 9.99. The zero-order valence-electron chi connectivity index (χ0n) is 7.81. The first-order valence-corrected chi connectivity index (χ1v) is 4.19. The van der Waals surface area contributed by atoms with Crippen LogP contribution in [-0.2, 0) is 11.0 Å². The van der Waals surface area contributed by atoms with Gasteiger partial charge >= 0.3 is 6.18 Å². The van der Waals surface area contributed by atoms with E-state index in [4.69, 9.17) is 0 Å². The number of benzene rings is 1. The normalized spacial score (nSPS) is 13.7. The zero-order chi connectivity index (χ0) is 11.6. The fourth-order valence-electron chi connectivity index (χ4n) is 1.19. The minimum atomic E-state index is -4.73. The van der Waals surface area contributed by atoms with Crippen LogP contribution in [0.5, 0.6) is 0 Å². The van der Waals surface area contributed by atoms with Crippen molar-refractivity contribution in [1.82, 2.24) is 0 Å². The zero-order valence-corrected chi connectivity index (χ0v) is 7.81. The summed E-state index contributed by atoms with van der Waals surface area (Å²) in [4.78, 5) is 10.4. The molecule has 0 aliphatic rings. The molecule has 1 aromatic carbocycles. The van der Waals surface area contributed by atoms with Crippen LogP contribution in [0.4, 0.5) is 17.6 Å². The lowest BCUT2D eigenvalue weighted by molar-refractivity contribution is -0.140. The van der Waals surface area contributed by atoms with E-state index in [1.54, 1.807) is 0 Å². The minimum absolute atomic E-state index is 0.236. The van der Waals surface area contributed by atoms with Gasteiger partial charge in [0.25, 0.3) is 0 Å². The van der Waals surface area contributed by atoms with Crippen molar-refractivity contribution < 1.29 is 22.4 Å². The van der Waals surface area contributed by atoms with Crippen molar-refractivity contribution in [3.63, 3.8) is 0 Å². The van der Waals surface area contributed by atoms with E-state index in [1.165, 1.54) is 13.0 Å². The van der Waals surface area contributed by atoms with Crippen LogP contribution in [0, 0.1) is 5.82 Å². The van der Waals surface area contributed by atoms with E-state index in [0.717, 1.165) is 6.07 Å². The molecule has 1 rings (SSSR count). The Bertz CT molecular complexity index is 370. The Labute approximate surface area is 83.7 Å². The molecule has 1 nitrogen and oxygen atoms in total. The van der Waals surface area contributed by atoms with E-state index < -0.39 is 23.5 Å². The van der Waals surface area contributed by atoms with Crippen molar-refractivity contribution in [1.29, 1.82) is 0 Å². The van der Waals surface area contributed by atoms with Crippen LogP contribution in [0.15, 0.2) is 18.2 Å². The molecular formula is C10H8F4O. The van der Waals surface area contributed by atoms with Crippen molar-refractivity contribution in [2.45, 2.75) is 19.0 Å². The van der Waals surface area contributed by atoms with Crippen LogP contribution >= 0.6 is 0 Å². The second-order valence-corrected chi connectivity index (χ2v) is 3.13. The third kappa shape index (κ3) is 2.34. The predicted molar refractivity (Wildman–Crippen MR) is 45.9 cm³/mol. The lowest BCUT2D eigenvalue weighted by Crippen LogP contribution is -2.11. The second kappa shape index (κ2) is 4.00. The van der Waals surface area contributed by atoms with Crippen LogP contribution < -0.4 is 0 Å². The molecule has 15 heavy (non-hydrogen) atoms. The summed E-state index contributed by atoms with van der Waals surface area (Å²) in [6.45, 7) is 1.34. The maximum Gasteiger partial charge on any atom is 0.419 e. The average Bonchev–Trinajstić information content (AvgIpc) is 2.15. The van der Waals surface area contributed by atoms with Crippen molar-refractivity contribution in [2.24, 2.45) is 0 Å². The summed E-state index contributed by atoms with van der Waals surface area (Å²) >= 11 is 0. The number of aldehydes is 1. The number of halogens is 4. The number of hydrogen-bond donors (Lipinski definition) is 0. The molecule has 0 fully saturated rings. The SMILES string of the molecule is CC(C=O)c1cccc(C(F)(F)F)c1F. The molecule has 1 atom stereocenters. The molecular weight excluding hydrogens is 212 g/mol. The highest BCUT2D eigenvalue weighted by molar-refractivity contribution is 5.61. The molecule has 5 heteroatoms. The molecule has 0 spiro atoms. The third-order valence-electron chi connectivity index (χ3n) is 2.03. The molecule has 0 aromatic heterocycles. The lowest BCUT2D eigenvalue weighted by Gasteiger charge is -2.12. The van der Waals surface area contributed by atoms with Gasteiger partial charge in [0.05, 0.1) is 5.56 Å². The van der Waals surface area contributed by atoms with Crippen molar-refractivity contribution >= 4 is 6.29 Å². The standard InChI is InChI=1S/C10H8F4O/c1-6(5-15)7-3-2-4-8(9(7)11)10(12,13)14/h2-6H,1H3. The first-order chi connectivity index (χ1) is 6.88. The van der Waals surface area contributed by atoms with Gasteiger partial charge in [-0.2, -0.15) is 13.2 Å². The van der Waals surface area contributed by atoms with E-state index in [1.807, 2.05) is 0 Å². The molecule has 0 heterocycles. The fourth-order valence-corrected chi connectivity index (χ4v) is 1.19. The Hall–Kier alpha value is -1.39. The van der Waals surface area contributed by atoms with Gasteiger partial charge in [-0.05, 0) is 11.6 Å². The van der Waals surface area contributed by atoms with E-state index >= 15 is 0 Å². The van der Waals surface area contributed by atoms with E-state index in [2.05, 4.69) is 0 Å². The Morgan fingerprint density at radius 3 is 2.40 bits per heavy atom. The maximum atomic E-state index is 13.3. The molecule has 0 N–H and O–H groups in total. The minimum Gasteiger partial charge on any atom is -0.303 e. The molecule has 0 saturated carbocycles. The summed E-state index contributed by atoms with van der Waals surface area (Å²) in [7, 11) is 0. The molecule has 0 amide bonds. The molecule has 0 saturated heterocycles. The Morgan fingerprint density at radius 2 is 1.93 bits per heavy atom. The Kier molecular flexibility index (Phi) is 3.12. The monoisotopic (exact) mass is 220 g/mol. The van der Waals surface area contributed by atoms with Crippen LogP contribution in [0.1, 0.15) is 24.0 Å². The van der Waals surface area contributed by atoms with E-state index in [9.17, 15) is 22.4 Å². The van der Waals surface area contributed by atoms with Gasteiger partial charge in [0, 0.05) is 5.92 Å². The number of alkyl halides is 3. The fraction of sp³-hybridized carbons (Fsp3) is 0.300. The predicted octanol–water partition coefficient (Wildman–Crippen LogP) is 3.15. The van der Waals surface area contributed by atoms with Gasteiger partial charge < -0.3 is 4.79 Å². The van der Waals surface area contributed by atoms with Gasteiger partial charge in [-0.3, -0.25) is 0 Å². The summed E-state index contributed by atoms with van der Waals surface area (Å²) in [5, 5.41) is 0. The summed E-state index contributed by atoms with van der Waals surface area (Å²) in [5.74, 6) is -2.25. The summed E-state index contributed by atoms with van der Waals surface area (Å²) in [6, 6.07) is 2.90. The van der Waals surface area contributed by atoms with Gasteiger partial charge in [0.2, 0.25) is 0 Å². The average molecular weight is 220 g/mol.